The summed E-state index contributed by atoms with van der Waals surface area (Å²) >= 11 is 0. The van der Waals surface area contributed by atoms with E-state index in [9.17, 15) is 14.4 Å². The number of nitrogens with zero attached hydrogens (tertiary/aromatic N) is 1. The van der Waals surface area contributed by atoms with E-state index in [1.54, 1.807) is 43.5 Å². The molecule has 132 valence electrons. The molecule has 4 amide bonds. The highest BCUT2D eigenvalue weighted by molar-refractivity contribution is 6.39. The van der Waals surface area contributed by atoms with E-state index < -0.39 is 17.8 Å². The summed E-state index contributed by atoms with van der Waals surface area (Å²) in [6, 6.07) is 11.4. The van der Waals surface area contributed by atoms with Crippen LogP contribution in [-0.4, -0.2) is 25.0 Å². The van der Waals surface area contributed by atoms with Crippen molar-refractivity contribution in [3.05, 3.63) is 64.7 Å². The zero-order valence-corrected chi connectivity index (χ0v) is 14.7. The van der Waals surface area contributed by atoms with E-state index in [1.165, 1.54) is 6.08 Å². The average Bonchev–Trinajstić information content (AvgIpc) is 2.62. The lowest BCUT2D eigenvalue weighted by Gasteiger charge is -2.26. The smallest absolute Gasteiger partial charge is 0.335 e. The average molecular weight is 350 g/mol. The fourth-order valence-corrected chi connectivity index (χ4v) is 2.62. The topological polar surface area (TPSA) is 75.7 Å². The summed E-state index contributed by atoms with van der Waals surface area (Å²) in [5.41, 5.74) is 2.96. The minimum atomic E-state index is -0.755. The van der Waals surface area contributed by atoms with Gasteiger partial charge < -0.3 is 4.74 Å². The second-order valence-corrected chi connectivity index (χ2v) is 6.00. The Labute approximate surface area is 151 Å². The zero-order chi connectivity index (χ0) is 18.8. The van der Waals surface area contributed by atoms with Crippen LogP contribution in [0.15, 0.2) is 48.0 Å². The molecule has 0 radical (unpaired) electrons. The number of carbonyl (C=O) groups is 3. The van der Waals surface area contributed by atoms with Gasteiger partial charge in [0.2, 0.25) is 0 Å². The Morgan fingerprint density at radius 1 is 0.962 bits per heavy atom. The minimum absolute atomic E-state index is 0.104. The van der Waals surface area contributed by atoms with Crippen LogP contribution in [0.2, 0.25) is 0 Å². The van der Waals surface area contributed by atoms with Crippen molar-refractivity contribution in [1.29, 1.82) is 0 Å². The van der Waals surface area contributed by atoms with Crippen molar-refractivity contribution in [2.75, 3.05) is 12.0 Å². The molecule has 3 rings (SSSR count). The number of aryl methyl sites for hydroxylation is 2. The van der Waals surface area contributed by atoms with Crippen LogP contribution in [0.3, 0.4) is 0 Å². The first-order valence-electron chi connectivity index (χ1n) is 8.03. The maximum absolute atomic E-state index is 12.8. The number of ether oxygens (including phenoxy) is 1. The molecule has 1 saturated heterocycles. The number of benzene rings is 2. The second-order valence-electron chi connectivity index (χ2n) is 6.00. The lowest BCUT2D eigenvalue weighted by atomic mass is 10.1. The van der Waals surface area contributed by atoms with Crippen LogP contribution >= 0.6 is 0 Å². The summed E-state index contributed by atoms with van der Waals surface area (Å²) in [5, 5.41) is 2.22. The number of rotatable bonds is 3. The second kappa shape index (κ2) is 6.84. The van der Waals surface area contributed by atoms with Gasteiger partial charge >= 0.3 is 6.03 Å². The summed E-state index contributed by atoms with van der Waals surface area (Å²) < 4.78 is 5.09. The van der Waals surface area contributed by atoms with Crippen LogP contribution in [0.25, 0.3) is 6.08 Å². The predicted molar refractivity (Wildman–Crippen MR) is 97.9 cm³/mol. The number of amides is 4. The van der Waals surface area contributed by atoms with Gasteiger partial charge in [0.05, 0.1) is 12.8 Å². The molecule has 6 nitrogen and oxygen atoms in total. The molecule has 1 aliphatic heterocycles. The number of urea groups is 1. The van der Waals surface area contributed by atoms with Gasteiger partial charge in [-0.25, -0.2) is 9.69 Å². The van der Waals surface area contributed by atoms with Gasteiger partial charge in [0, 0.05) is 0 Å². The standard InChI is InChI=1S/C20H18N2O4/c1-12-4-7-15(10-13(12)2)22-19(24)17(18(23)21-20(22)25)11-14-5-8-16(26-3)9-6-14/h4-11H,1-3H3,(H,21,23,25)/b17-11-. The summed E-state index contributed by atoms with van der Waals surface area (Å²) in [6.07, 6.45) is 1.46. The minimum Gasteiger partial charge on any atom is -0.497 e. The van der Waals surface area contributed by atoms with E-state index in [1.807, 2.05) is 19.9 Å². The molecule has 2 aromatic carbocycles. The third kappa shape index (κ3) is 3.21. The summed E-state index contributed by atoms with van der Waals surface area (Å²) in [7, 11) is 1.55. The van der Waals surface area contributed by atoms with Crippen molar-refractivity contribution < 1.29 is 19.1 Å². The Hall–Kier alpha value is -3.41. The highest BCUT2D eigenvalue weighted by atomic mass is 16.5. The van der Waals surface area contributed by atoms with Crippen LogP contribution in [-0.2, 0) is 9.59 Å². The van der Waals surface area contributed by atoms with Crippen LogP contribution in [0.4, 0.5) is 10.5 Å². The molecule has 1 aliphatic rings. The van der Waals surface area contributed by atoms with E-state index in [0.717, 1.165) is 16.0 Å². The van der Waals surface area contributed by atoms with Crippen LogP contribution < -0.4 is 15.0 Å². The molecular weight excluding hydrogens is 332 g/mol. The Balaban J connectivity index is 1.99. The van der Waals surface area contributed by atoms with Crippen molar-refractivity contribution in [2.24, 2.45) is 0 Å². The molecule has 0 bridgehead atoms. The molecule has 1 heterocycles. The Morgan fingerprint density at radius 3 is 2.27 bits per heavy atom. The number of imide groups is 2. The number of hydrogen-bond donors (Lipinski definition) is 1. The monoisotopic (exact) mass is 350 g/mol. The number of barbiturate groups is 1. The first-order valence-corrected chi connectivity index (χ1v) is 8.03. The molecule has 6 heteroatoms. The van der Waals surface area contributed by atoms with Gasteiger partial charge in [-0.15, -0.1) is 0 Å². The van der Waals surface area contributed by atoms with E-state index in [0.29, 0.717) is 17.0 Å². The van der Waals surface area contributed by atoms with Crippen molar-refractivity contribution >= 4 is 29.6 Å². The number of hydrogen-bond acceptors (Lipinski definition) is 4. The number of nitrogens with one attached hydrogen (secondary N) is 1. The van der Waals surface area contributed by atoms with Gasteiger partial charge in [-0.2, -0.15) is 0 Å². The van der Waals surface area contributed by atoms with Gasteiger partial charge in [0.15, 0.2) is 0 Å². The van der Waals surface area contributed by atoms with Crippen LogP contribution in [0, 0.1) is 13.8 Å². The molecule has 1 fully saturated rings. The molecule has 26 heavy (non-hydrogen) atoms. The molecular formula is C20H18N2O4. The third-order valence-corrected chi connectivity index (χ3v) is 4.28. The SMILES string of the molecule is COc1ccc(/C=C2/C(=O)NC(=O)N(c3ccc(C)c(C)c3)C2=O)cc1. The highest BCUT2D eigenvalue weighted by Gasteiger charge is 2.36. The number of methoxy groups -OCH3 is 1. The Kier molecular flexibility index (Phi) is 4.58. The van der Waals surface area contributed by atoms with Gasteiger partial charge in [-0.05, 0) is 60.9 Å². The lowest BCUT2D eigenvalue weighted by Crippen LogP contribution is -2.54. The van der Waals surface area contributed by atoms with E-state index in [2.05, 4.69) is 5.32 Å². The zero-order valence-electron chi connectivity index (χ0n) is 14.7. The maximum Gasteiger partial charge on any atom is 0.335 e. The number of carbonyl (C=O) groups excluding carboxylic acids is 3. The van der Waals surface area contributed by atoms with Gasteiger partial charge in [0.25, 0.3) is 11.8 Å². The largest absolute Gasteiger partial charge is 0.497 e. The van der Waals surface area contributed by atoms with Crippen molar-refractivity contribution in [1.82, 2.24) is 5.32 Å². The summed E-state index contributed by atoms with van der Waals surface area (Å²) in [6.45, 7) is 3.83. The molecule has 2 aromatic rings. The van der Waals surface area contributed by atoms with Crippen molar-refractivity contribution in [3.8, 4) is 5.75 Å². The molecule has 0 atom stereocenters. The molecule has 0 aliphatic carbocycles. The van der Waals surface area contributed by atoms with Gasteiger partial charge in [-0.1, -0.05) is 18.2 Å². The maximum atomic E-state index is 12.8. The normalized spacial score (nSPS) is 16.0. The Bertz CT molecular complexity index is 929. The molecule has 0 spiro atoms. The third-order valence-electron chi connectivity index (χ3n) is 4.28. The van der Waals surface area contributed by atoms with E-state index in [-0.39, 0.29) is 5.57 Å². The van der Waals surface area contributed by atoms with Gasteiger partial charge in [0.1, 0.15) is 11.3 Å². The first-order chi connectivity index (χ1) is 12.4. The van der Waals surface area contributed by atoms with Crippen molar-refractivity contribution in [3.63, 3.8) is 0 Å². The lowest BCUT2D eigenvalue weighted by molar-refractivity contribution is -0.122. The van der Waals surface area contributed by atoms with E-state index >= 15 is 0 Å². The highest BCUT2D eigenvalue weighted by Crippen LogP contribution is 2.24. The van der Waals surface area contributed by atoms with Crippen LogP contribution in [0.1, 0.15) is 16.7 Å². The molecule has 0 aromatic heterocycles. The first kappa shape index (κ1) is 17.4. The molecule has 0 saturated carbocycles. The van der Waals surface area contributed by atoms with Crippen molar-refractivity contribution in [2.45, 2.75) is 13.8 Å². The fraction of sp³-hybridized carbons (Fsp3) is 0.150. The van der Waals surface area contributed by atoms with E-state index in [4.69, 9.17) is 4.74 Å². The molecule has 1 N–H and O–H groups in total. The number of anilines is 1. The quantitative estimate of drug-likeness (QED) is 0.682. The van der Waals surface area contributed by atoms with Gasteiger partial charge in [-0.3, -0.25) is 14.9 Å². The predicted octanol–water partition coefficient (Wildman–Crippen LogP) is 2.98. The summed E-state index contributed by atoms with van der Waals surface area (Å²) in [4.78, 5) is 38.2. The molecule has 0 unspecified atom stereocenters. The van der Waals surface area contributed by atoms with Crippen LogP contribution in [0.5, 0.6) is 5.75 Å². The Morgan fingerprint density at radius 2 is 1.65 bits per heavy atom. The fourth-order valence-electron chi connectivity index (χ4n) is 2.62. The summed E-state index contributed by atoms with van der Waals surface area (Å²) in [5.74, 6) is -0.702.